The summed E-state index contributed by atoms with van der Waals surface area (Å²) in [4.78, 5) is 57.8. The van der Waals surface area contributed by atoms with Gasteiger partial charge in [0.2, 0.25) is 31.9 Å². The first-order valence-corrected chi connectivity index (χ1v) is 52.5. The normalized spacial score (nSPS) is 16.9. The van der Waals surface area contributed by atoms with E-state index < -0.39 is 126 Å². The zero-order chi connectivity index (χ0) is 105. The van der Waals surface area contributed by atoms with E-state index in [9.17, 15) is 91.4 Å². The molecule has 0 spiro atoms. The molecular formula is C91H78B3Br2Cl3F12KN9O17S5. The summed E-state index contributed by atoms with van der Waals surface area (Å²) < 4.78 is 294. The maximum absolute atomic E-state index is 16.0. The van der Waals surface area contributed by atoms with Crippen LogP contribution in [0, 0.1) is 40.9 Å². The molecule has 4 radical (unpaired) electrons. The number of aromatic nitrogens is 5. The molecule has 5 aromatic heterocycles. The van der Waals surface area contributed by atoms with Crippen molar-refractivity contribution in [2.75, 3.05) is 0 Å². The summed E-state index contributed by atoms with van der Waals surface area (Å²) >= 11 is 11.9. The summed E-state index contributed by atoms with van der Waals surface area (Å²) in [6.45, 7) is 4.15. The molecule has 16 rings (SSSR count). The third kappa shape index (κ3) is 34.1. The number of benzene rings is 7. The van der Waals surface area contributed by atoms with Gasteiger partial charge in [0.05, 0.1) is 27.7 Å². The molecule has 4 aliphatic rings. The Balaban J connectivity index is 0.000000220. The number of sulfonamides is 2. The Hall–Kier alpha value is -8.93. The van der Waals surface area contributed by atoms with Crippen molar-refractivity contribution in [3.8, 4) is 45.0 Å². The van der Waals surface area contributed by atoms with Crippen LogP contribution in [0.3, 0.4) is 0 Å². The molecule has 26 nitrogen and oxygen atoms in total. The van der Waals surface area contributed by atoms with Gasteiger partial charge in [-0.1, -0.05) is 93.7 Å². The Morgan fingerprint density at radius 1 is 0.413 bits per heavy atom. The molecule has 4 saturated heterocycles. The third-order valence-corrected chi connectivity index (χ3v) is 29.4. The van der Waals surface area contributed by atoms with E-state index in [0.29, 0.717) is 123 Å². The number of fused-ring (bicyclic) bond motifs is 4. The summed E-state index contributed by atoms with van der Waals surface area (Å²) in [7, 11) is -4.43. The minimum Gasteiger partial charge on any atom is -0.744 e. The van der Waals surface area contributed by atoms with Gasteiger partial charge in [-0.15, -0.1) is 0 Å². The second-order valence-corrected chi connectivity index (χ2v) is 43.9. The van der Waals surface area contributed by atoms with Gasteiger partial charge < -0.3 is 29.5 Å². The first kappa shape index (κ1) is 119. The Morgan fingerprint density at radius 3 is 0.881 bits per heavy atom. The predicted octanol–water partition coefficient (Wildman–Crippen LogP) is 14.4. The number of amides is 2. The number of carboxylic acids is 1. The van der Waals surface area contributed by atoms with Crippen LogP contribution in [0.15, 0.2) is 295 Å². The second kappa shape index (κ2) is 52.1. The molecule has 52 heteroatoms. The van der Waals surface area contributed by atoms with E-state index in [1.165, 1.54) is 234 Å². The number of nitrogens with zero attached hydrogens (tertiary/aromatic N) is 7. The van der Waals surface area contributed by atoms with Gasteiger partial charge in [-0.3, -0.25) is 29.5 Å². The smallest absolute Gasteiger partial charge is 0.744 e. The first-order valence-electron chi connectivity index (χ1n) is 41.6. The molecule has 4 aliphatic heterocycles. The maximum Gasteiger partial charge on any atom is 1.00 e. The van der Waals surface area contributed by atoms with Crippen molar-refractivity contribution < 1.29 is 180 Å². The third-order valence-electron chi connectivity index (χ3n) is 21.8. The fourth-order valence-corrected chi connectivity index (χ4v) is 19.7. The Kier molecular flexibility index (Phi) is 43.5. The first-order chi connectivity index (χ1) is 66.5. The molecule has 6 atom stereocenters. The fraction of sp³-hybridized carbons (Fsp3) is 0.231. The molecule has 748 valence electrons. The number of carbonyl (C=O) groups excluding carboxylic acids is 2. The van der Waals surface area contributed by atoms with Crippen LogP contribution in [0.25, 0.3) is 45.0 Å². The van der Waals surface area contributed by atoms with Crippen molar-refractivity contribution in [1.82, 2.24) is 44.2 Å². The quantitative estimate of drug-likeness (QED) is 0.0155. The predicted molar refractivity (Wildman–Crippen MR) is 512 cm³/mol. The van der Waals surface area contributed by atoms with Crippen LogP contribution in [0.1, 0.15) is 76.3 Å². The van der Waals surface area contributed by atoms with E-state index in [1.807, 2.05) is 9.44 Å². The van der Waals surface area contributed by atoms with Gasteiger partial charge in [-0.2, -0.15) is 40.2 Å². The zero-order valence-corrected chi connectivity index (χ0v) is 87.1. The number of carboxylic acid groups (broad SMARTS) is 1. The number of nitrogens with one attached hydrogen (secondary N) is 2. The zero-order valence-electron chi connectivity index (χ0n) is 74.5. The number of rotatable bonds is 20. The molecule has 5 N–H and O–H groups in total. The second-order valence-electron chi connectivity index (χ2n) is 31.7. The Morgan fingerprint density at radius 2 is 0.657 bits per heavy atom. The van der Waals surface area contributed by atoms with Gasteiger partial charge in [-0.05, 0) is 263 Å². The van der Waals surface area contributed by atoms with Gasteiger partial charge in [0, 0.05) is 134 Å². The SMILES string of the molecule is CC1CC2CCC(C1)N2C(=O)C(NS(=O)(=O)c1ccc(-c2ccc(F)cc2)nc1)C(F)(F)c1ccc(Br)cc1.CC1CC2CCC(C1)N2C(=O)C(NS(=O)(=O)c1ccc(-c2ccc(F)cc2)nc1)C(F)(F)c1ccc(Br)cc1.O=C(O)C(F)(F)F.O=S(=O)(Cl)c1ccc(-c2ccc(F)cc2)nc1.O=S(=O)(Cl)c1ccc(Cl)nc1.O=S(=O)([O-])c1ccc(-c2ccc(F)cc2)nc1.OB(O)c1ccc(F)cc1.[B][B].[K+]. The molecule has 4 fully saturated rings. The monoisotopic (exact) mass is 2290 g/mol. The summed E-state index contributed by atoms with van der Waals surface area (Å²) in [6, 6.07) is 45.5. The van der Waals surface area contributed by atoms with Crippen molar-refractivity contribution in [2.24, 2.45) is 11.8 Å². The van der Waals surface area contributed by atoms with Crippen LogP contribution in [-0.4, -0.2) is 179 Å². The molecule has 6 unspecified atom stereocenters. The number of alkyl halides is 7. The molecule has 4 bridgehead atoms. The molecule has 7 aromatic carbocycles. The number of piperidine rings is 2. The van der Waals surface area contributed by atoms with Gasteiger partial charge in [0.15, 0.2) is 12.1 Å². The number of pyridine rings is 5. The molecule has 12 aromatic rings. The standard InChI is InChI=1S/2C28H27BrF3N3O3S.C11H7ClFNO2S.C11H8FNO3S.C6H6BFO2.C5H3Cl2NO2S.C2HF3O2.B2.K/c2*1-17-14-22-10-11-23(15-17)35(22)27(36)26(28(31,32)19-4-6-20(29)7-5-19)34-39(37,38)24-12-13-25(33-16-24)18-2-8-21(30)9-3-18;12-17(15,16)10-5-6-11(14-7-10)8-1-3-9(13)4-2-8;12-9-3-1-8(2-4-9)11-6-5-10(7-13-11)17(14,15)16;8-6-3-1-5(2-4-6)7(9)10;6-5-2-1-4(3-8-5)11(7,9)10;3-2(4,5)1(6)7;1-2;/h2*2-9,12-13,16-17,22-23,26,34H,10-11,14-15H2,1H3;1-7H;1-7H,(H,14,15,16);1-4,9-10H;1-3H;(H,6,7);;/q;;;;;;;;+1/p-1. The van der Waals surface area contributed by atoms with E-state index in [1.54, 1.807) is 12.1 Å². The average molecular weight is 2300 g/mol. The van der Waals surface area contributed by atoms with Crippen LogP contribution in [0.4, 0.5) is 52.7 Å². The van der Waals surface area contributed by atoms with E-state index in [-0.39, 0.29) is 123 Å². The van der Waals surface area contributed by atoms with Gasteiger partial charge in [-0.25, -0.2) is 73.8 Å². The molecule has 143 heavy (non-hydrogen) atoms. The van der Waals surface area contributed by atoms with Crippen molar-refractivity contribution in [3.05, 3.63) is 316 Å². The molecule has 0 aliphatic carbocycles. The largest absolute Gasteiger partial charge is 1.00 e. The van der Waals surface area contributed by atoms with E-state index in [2.05, 4.69) is 86.1 Å². The fourth-order valence-electron chi connectivity index (χ4n) is 15.0. The van der Waals surface area contributed by atoms with Crippen LogP contribution in [-0.2, 0) is 74.5 Å². The average Bonchev–Trinajstić information content (AvgIpc) is 1.62. The molecular weight excluding hydrogens is 2220 g/mol. The maximum atomic E-state index is 16.0. The van der Waals surface area contributed by atoms with Gasteiger partial charge in [0.1, 0.15) is 63.9 Å². The molecule has 9 heterocycles. The minimum atomic E-state index is -5.08. The number of carbonyl (C=O) groups is 3. The minimum absolute atomic E-state index is 0. The van der Waals surface area contributed by atoms with Crippen molar-refractivity contribution in [3.63, 3.8) is 0 Å². The summed E-state index contributed by atoms with van der Waals surface area (Å²) in [6.07, 6.45) is 5.85. The molecule has 2 amide bonds. The number of aliphatic carboxylic acids is 1. The number of halogens is 17. The topological polar surface area (TPSA) is 401 Å². The Labute approximate surface area is 891 Å². The van der Waals surface area contributed by atoms with Crippen molar-refractivity contribution in [2.45, 2.75) is 144 Å². The van der Waals surface area contributed by atoms with E-state index >= 15 is 17.6 Å². The molecule has 0 saturated carbocycles. The van der Waals surface area contributed by atoms with Gasteiger partial charge in [0.25, 0.3) is 29.9 Å². The summed E-state index contributed by atoms with van der Waals surface area (Å²) in [5.41, 5.74) is 3.56. The van der Waals surface area contributed by atoms with Crippen LogP contribution < -0.4 is 66.3 Å². The number of hydrogen-bond acceptors (Lipinski definition) is 21. The van der Waals surface area contributed by atoms with Crippen molar-refractivity contribution in [1.29, 1.82) is 0 Å². The van der Waals surface area contributed by atoms with Crippen LogP contribution in [0.5, 0.6) is 0 Å². The number of hydrogen-bond donors (Lipinski definition) is 5. The van der Waals surface area contributed by atoms with Gasteiger partial charge >= 0.3 is 70.6 Å². The van der Waals surface area contributed by atoms with E-state index in [4.69, 9.17) is 52.9 Å². The van der Waals surface area contributed by atoms with Crippen LogP contribution in [0.2, 0.25) is 5.15 Å². The van der Waals surface area contributed by atoms with Crippen molar-refractivity contribution >= 4 is 159 Å². The summed E-state index contributed by atoms with van der Waals surface area (Å²) in [5, 5.41) is 24.5. The van der Waals surface area contributed by atoms with E-state index in [0.717, 1.165) is 24.8 Å². The van der Waals surface area contributed by atoms with Crippen LogP contribution >= 0.6 is 64.8 Å². The summed E-state index contributed by atoms with van der Waals surface area (Å²) in [5.74, 6) is -13.5. The Bertz CT molecular complexity index is 6550.